The number of carbonyl (C=O) groups excluding carboxylic acids is 1. The number of benzene rings is 4. The molecule has 0 saturated carbocycles. The van der Waals surface area contributed by atoms with Crippen LogP contribution in [-0.2, 0) is 17.8 Å². The fraction of sp³-hybridized carbons (Fsp3) is 0.103. The van der Waals surface area contributed by atoms with Gasteiger partial charge in [0.05, 0.1) is 5.56 Å². The summed E-state index contributed by atoms with van der Waals surface area (Å²) < 4.78 is 33.0. The number of halogens is 2. The van der Waals surface area contributed by atoms with Crippen LogP contribution in [0.4, 0.5) is 8.78 Å². The van der Waals surface area contributed by atoms with Crippen LogP contribution in [0.2, 0.25) is 0 Å². The van der Waals surface area contributed by atoms with Crippen LogP contribution in [0, 0.1) is 11.6 Å². The molecule has 4 aromatic rings. The zero-order valence-corrected chi connectivity index (χ0v) is 19.2. The Hall–Kier alpha value is -4.52. The Morgan fingerprint density at radius 2 is 1.36 bits per heavy atom. The molecule has 36 heavy (non-hydrogen) atoms. The van der Waals surface area contributed by atoms with Gasteiger partial charge in [-0.25, -0.2) is 13.6 Å². The van der Waals surface area contributed by atoms with E-state index < -0.39 is 29.6 Å². The fourth-order valence-electron chi connectivity index (χ4n) is 3.67. The highest BCUT2D eigenvalue weighted by atomic mass is 19.1. The second-order valence-electron chi connectivity index (χ2n) is 8.14. The van der Waals surface area contributed by atoms with Crippen LogP contribution in [-0.4, -0.2) is 23.0 Å². The molecular formula is C29H23F2NO4. The molecular weight excluding hydrogens is 464 g/mol. The summed E-state index contributed by atoms with van der Waals surface area (Å²) in [7, 11) is 0. The Labute approximate surface area is 207 Å². The first-order valence-corrected chi connectivity index (χ1v) is 11.2. The molecule has 2 N–H and O–H groups in total. The van der Waals surface area contributed by atoms with Gasteiger partial charge in [-0.2, -0.15) is 0 Å². The van der Waals surface area contributed by atoms with Crippen LogP contribution in [0.3, 0.4) is 0 Å². The van der Waals surface area contributed by atoms with Crippen LogP contribution < -0.4 is 10.1 Å². The van der Waals surface area contributed by atoms with E-state index in [1.54, 1.807) is 48.5 Å². The predicted octanol–water partition coefficient (Wildman–Crippen LogP) is 5.64. The summed E-state index contributed by atoms with van der Waals surface area (Å²) in [5.41, 5.74) is 2.69. The molecule has 4 rings (SSSR count). The number of carbonyl (C=O) groups is 2. The first-order valence-electron chi connectivity index (χ1n) is 11.2. The molecule has 0 heterocycles. The molecule has 0 aliphatic carbocycles. The molecule has 0 radical (unpaired) electrons. The van der Waals surface area contributed by atoms with Gasteiger partial charge in [0.2, 0.25) is 0 Å². The number of nitrogens with one attached hydrogen (secondary N) is 1. The number of carboxylic acid groups (broad SMARTS) is 1. The number of carboxylic acids is 1. The third-order valence-electron chi connectivity index (χ3n) is 5.67. The molecule has 0 bridgehead atoms. The minimum atomic E-state index is -1.11. The number of aliphatic carboxylic acids is 1. The average molecular weight is 488 g/mol. The minimum absolute atomic E-state index is 0.135. The summed E-state index contributed by atoms with van der Waals surface area (Å²) in [6.45, 7) is -0.233. The smallest absolute Gasteiger partial charge is 0.326 e. The van der Waals surface area contributed by atoms with Crippen molar-refractivity contribution in [3.63, 3.8) is 0 Å². The van der Waals surface area contributed by atoms with Gasteiger partial charge in [-0.15, -0.1) is 0 Å². The van der Waals surface area contributed by atoms with Crippen molar-refractivity contribution < 1.29 is 28.2 Å². The second kappa shape index (κ2) is 11.3. The Morgan fingerprint density at radius 3 is 1.94 bits per heavy atom. The molecule has 182 valence electrons. The number of amides is 1. The summed E-state index contributed by atoms with van der Waals surface area (Å²) in [4.78, 5) is 24.3. The monoisotopic (exact) mass is 487 g/mol. The number of hydrogen-bond acceptors (Lipinski definition) is 3. The van der Waals surface area contributed by atoms with E-state index in [1.807, 2.05) is 30.3 Å². The highest BCUT2D eigenvalue weighted by Crippen LogP contribution is 2.24. The molecule has 0 saturated heterocycles. The van der Waals surface area contributed by atoms with E-state index in [4.69, 9.17) is 4.74 Å². The summed E-state index contributed by atoms with van der Waals surface area (Å²) in [6, 6.07) is 25.4. The predicted molar refractivity (Wildman–Crippen MR) is 132 cm³/mol. The minimum Gasteiger partial charge on any atom is -0.489 e. The lowest BCUT2D eigenvalue weighted by atomic mass is 10.0. The fourth-order valence-corrected chi connectivity index (χ4v) is 3.67. The number of ether oxygens (including phenoxy) is 1. The molecule has 0 fully saturated rings. The Kier molecular flexibility index (Phi) is 7.70. The number of rotatable bonds is 9. The van der Waals surface area contributed by atoms with Crippen LogP contribution in [0.5, 0.6) is 5.75 Å². The van der Waals surface area contributed by atoms with Crippen molar-refractivity contribution in [3.8, 4) is 16.9 Å². The second-order valence-corrected chi connectivity index (χ2v) is 8.14. The Morgan fingerprint density at radius 1 is 0.778 bits per heavy atom. The van der Waals surface area contributed by atoms with Crippen LogP contribution >= 0.6 is 0 Å². The Bertz CT molecular complexity index is 1320. The van der Waals surface area contributed by atoms with Crippen molar-refractivity contribution in [3.05, 3.63) is 125 Å². The first-order chi connectivity index (χ1) is 17.4. The molecule has 0 aromatic heterocycles. The van der Waals surface area contributed by atoms with Crippen molar-refractivity contribution in [2.45, 2.75) is 19.1 Å². The van der Waals surface area contributed by atoms with Crippen molar-refractivity contribution in [1.82, 2.24) is 5.32 Å². The van der Waals surface area contributed by atoms with Crippen molar-refractivity contribution in [2.24, 2.45) is 0 Å². The van der Waals surface area contributed by atoms with Gasteiger partial charge in [-0.1, -0.05) is 60.7 Å². The van der Waals surface area contributed by atoms with E-state index in [9.17, 15) is 23.5 Å². The van der Waals surface area contributed by atoms with E-state index in [2.05, 4.69) is 5.32 Å². The zero-order chi connectivity index (χ0) is 25.5. The lowest BCUT2D eigenvalue weighted by molar-refractivity contribution is -0.139. The average Bonchev–Trinajstić information content (AvgIpc) is 2.89. The molecule has 5 nitrogen and oxygen atoms in total. The highest BCUT2D eigenvalue weighted by Gasteiger charge is 2.21. The third-order valence-corrected chi connectivity index (χ3v) is 5.67. The van der Waals surface area contributed by atoms with Gasteiger partial charge in [0, 0.05) is 12.0 Å². The van der Waals surface area contributed by atoms with E-state index >= 15 is 0 Å². The lowest BCUT2D eigenvalue weighted by Crippen LogP contribution is -2.42. The van der Waals surface area contributed by atoms with E-state index in [0.717, 1.165) is 16.7 Å². The molecule has 4 aromatic carbocycles. The summed E-state index contributed by atoms with van der Waals surface area (Å²) in [5, 5.41) is 12.1. The third kappa shape index (κ3) is 6.13. The Balaban J connectivity index is 1.38. The van der Waals surface area contributed by atoms with Gasteiger partial charge < -0.3 is 15.2 Å². The van der Waals surface area contributed by atoms with Crippen LogP contribution in [0.25, 0.3) is 11.1 Å². The maximum absolute atomic E-state index is 13.8. The largest absolute Gasteiger partial charge is 0.489 e. The van der Waals surface area contributed by atoms with Gasteiger partial charge in [-0.05, 0) is 53.1 Å². The van der Waals surface area contributed by atoms with Gasteiger partial charge in [-0.3, -0.25) is 4.79 Å². The number of hydrogen-bond donors (Lipinski definition) is 2. The van der Waals surface area contributed by atoms with Gasteiger partial charge in [0.15, 0.2) is 0 Å². The zero-order valence-electron chi connectivity index (χ0n) is 19.2. The topological polar surface area (TPSA) is 75.6 Å². The normalized spacial score (nSPS) is 11.5. The molecule has 0 aliphatic heterocycles. The summed E-state index contributed by atoms with van der Waals surface area (Å²) >= 11 is 0. The molecule has 1 unspecified atom stereocenters. The highest BCUT2D eigenvalue weighted by molar-refractivity contribution is 5.97. The van der Waals surface area contributed by atoms with E-state index in [1.165, 1.54) is 18.2 Å². The van der Waals surface area contributed by atoms with E-state index in [-0.39, 0.29) is 18.6 Å². The molecule has 1 atom stereocenters. The van der Waals surface area contributed by atoms with E-state index in [0.29, 0.717) is 11.3 Å². The first kappa shape index (κ1) is 24.6. The maximum Gasteiger partial charge on any atom is 0.326 e. The molecule has 1 amide bonds. The molecule has 7 heteroatoms. The SMILES string of the molecule is O=C(NC(Cc1ccccc1)C(=O)O)c1ccc(-c2ccc(OCc3c(F)cccc3F)cc2)cc1. The van der Waals surface area contributed by atoms with Crippen molar-refractivity contribution >= 4 is 11.9 Å². The lowest BCUT2D eigenvalue weighted by Gasteiger charge is -2.15. The van der Waals surface area contributed by atoms with Gasteiger partial charge in [0.1, 0.15) is 30.0 Å². The van der Waals surface area contributed by atoms with Gasteiger partial charge >= 0.3 is 5.97 Å². The van der Waals surface area contributed by atoms with Crippen molar-refractivity contribution in [1.29, 1.82) is 0 Å². The maximum atomic E-state index is 13.8. The quantitative estimate of drug-likeness (QED) is 0.321. The van der Waals surface area contributed by atoms with Crippen LogP contribution in [0.15, 0.2) is 97.1 Å². The standard InChI is InChI=1S/C29H23F2NO4/c30-25-7-4-8-26(31)24(25)18-36-23-15-13-21(14-16-23)20-9-11-22(12-10-20)28(33)32-27(29(34)35)17-19-5-2-1-3-6-19/h1-16,27H,17-18H2,(H,32,33)(H,34,35). The molecule has 0 aliphatic rings. The van der Waals surface area contributed by atoms with Crippen LogP contribution in [0.1, 0.15) is 21.5 Å². The summed E-state index contributed by atoms with van der Waals surface area (Å²) in [5.74, 6) is -2.45. The van der Waals surface area contributed by atoms with Gasteiger partial charge in [0.25, 0.3) is 5.91 Å². The summed E-state index contributed by atoms with van der Waals surface area (Å²) in [6.07, 6.45) is 0.179. The molecule has 0 spiro atoms. The van der Waals surface area contributed by atoms with Crippen molar-refractivity contribution in [2.75, 3.05) is 0 Å².